The highest BCUT2D eigenvalue weighted by Crippen LogP contribution is 2.14. The number of rotatable bonds is 3. The average molecular weight is 153 g/mol. The highest BCUT2D eigenvalue weighted by molar-refractivity contribution is 5.08. The molecule has 1 atom stereocenters. The maximum Gasteiger partial charge on any atom is 0.120 e. The summed E-state index contributed by atoms with van der Waals surface area (Å²) in [7, 11) is 0. The van der Waals surface area contributed by atoms with Gasteiger partial charge >= 0.3 is 0 Å². The first-order valence-corrected chi connectivity index (χ1v) is 4.03. The molecule has 0 bridgehead atoms. The fourth-order valence-electron chi connectivity index (χ4n) is 1.09. The van der Waals surface area contributed by atoms with Crippen LogP contribution >= 0.6 is 0 Å². The van der Waals surface area contributed by atoms with Gasteiger partial charge in [-0.15, -0.1) is 0 Å². The number of hydrogen-bond acceptors (Lipinski definition) is 2. The normalized spacial score (nSPS) is 13.4. The van der Waals surface area contributed by atoms with Gasteiger partial charge in [0.25, 0.3) is 0 Å². The predicted octanol–water partition coefficient (Wildman–Crippen LogP) is 2.26. The summed E-state index contributed by atoms with van der Waals surface area (Å²) in [6, 6.07) is 4.33. The molecule has 0 spiro atoms. The first kappa shape index (κ1) is 8.34. The molecule has 1 rings (SSSR count). The lowest BCUT2D eigenvalue weighted by molar-refractivity contribution is 0.422. The van der Waals surface area contributed by atoms with Crippen LogP contribution < -0.4 is 5.32 Å². The first-order valence-electron chi connectivity index (χ1n) is 4.03. The van der Waals surface area contributed by atoms with E-state index in [0.29, 0.717) is 6.04 Å². The van der Waals surface area contributed by atoms with Crippen molar-refractivity contribution in [2.24, 2.45) is 0 Å². The molecule has 1 heterocycles. The van der Waals surface area contributed by atoms with Crippen LogP contribution in [0.3, 0.4) is 0 Å². The molecule has 0 aliphatic heterocycles. The SMILES string of the molecule is CCNC(C)c1ccc(C)o1. The summed E-state index contributed by atoms with van der Waals surface area (Å²) in [5, 5.41) is 3.28. The highest BCUT2D eigenvalue weighted by atomic mass is 16.3. The molecule has 1 unspecified atom stereocenters. The number of aryl methyl sites for hydroxylation is 1. The van der Waals surface area contributed by atoms with E-state index in [1.807, 2.05) is 19.1 Å². The van der Waals surface area contributed by atoms with Crippen molar-refractivity contribution in [3.63, 3.8) is 0 Å². The third kappa shape index (κ3) is 2.09. The van der Waals surface area contributed by atoms with Crippen LogP contribution in [0.4, 0.5) is 0 Å². The summed E-state index contributed by atoms with van der Waals surface area (Å²) in [5.41, 5.74) is 0. The van der Waals surface area contributed by atoms with Gasteiger partial charge in [0.05, 0.1) is 6.04 Å². The molecule has 1 aromatic heterocycles. The van der Waals surface area contributed by atoms with Gasteiger partial charge in [0, 0.05) is 0 Å². The topological polar surface area (TPSA) is 25.2 Å². The minimum absolute atomic E-state index is 0.327. The minimum atomic E-state index is 0.327. The second-order valence-electron chi connectivity index (χ2n) is 2.73. The summed E-state index contributed by atoms with van der Waals surface area (Å²) in [6.45, 7) is 7.12. The Balaban J connectivity index is 2.60. The van der Waals surface area contributed by atoms with Crippen LogP contribution in [0, 0.1) is 6.92 Å². The van der Waals surface area contributed by atoms with E-state index in [1.54, 1.807) is 0 Å². The van der Waals surface area contributed by atoms with Crippen LogP contribution in [0.15, 0.2) is 16.5 Å². The van der Waals surface area contributed by atoms with Gasteiger partial charge in [0.1, 0.15) is 11.5 Å². The Morgan fingerprint density at radius 1 is 1.55 bits per heavy atom. The van der Waals surface area contributed by atoms with Crippen molar-refractivity contribution in [3.8, 4) is 0 Å². The third-order valence-corrected chi connectivity index (χ3v) is 1.70. The van der Waals surface area contributed by atoms with Gasteiger partial charge in [-0.1, -0.05) is 6.92 Å². The Morgan fingerprint density at radius 3 is 2.73 bits per heavy atom. The zero-order chi connectivity index (χ0) is 8.27. The van der Waals surface area contributed by atoms with E-state index in [9.17, 15) is 0 Å². The fourth-order valence-corrected chi connectivity index (χ4v) is 1.09. The van der Waals surface area contributed by atoms with Crippen LogP contribution in [-0.4, -0.2) is 6.54 Å². The summed E-state index contributed by atoms with van der Waals surface area (Å²) < 4.78 is 5.44. The maximum absolute atomic E-state index is 5.44. The Labute approximate surface area is 67.6 Å². The molecule has 0 aliphatic rings. The second-order valence-corrected chi connectivity index (χ2v) is 2.73. The highest BCUT2D eigenvalue weighted by Gasteiger charge is 2.06. The van der Waals surface area contributed by atoms with Crippen molar-refractivity contribution in [1.82, 2.24) is 5.32 Å². The van der Waals surface area contributed by atoms with Gasteiger partial charge in [0.15, 0.2) is 0 Å². The molecule has 1 N–H and O–H groups in total. The molecular weight excluding hydrogens is 138 g/mol. The van der Waals surface area contributed by atoms with Crippen LogP contribution in [0.5, 0.6) is 0 Å². The van der Waals surface area contributed by atoms with Gasteiger partial charge in [-0.3, -0.25) is 0 Å². The van der Waals surface area contributed by atoms with Crippen molar-refractivity contribution < 1.29 is 4.42 Å². The summed E-state index contributed by atoms with van der Waals surface area (Å²) >= 11 is 0. The molecule has 0 amide bonds. The Kier molecular flexibility index (Phi) is 2.71. The first-order chi connectivity index (χ1) is 5.24. The Hall–Kier alpha value is -0.760. The van der Waals surface area contributed by atoms with Crippen LogP contribution in [0.25, 0.3) is 0 Å². The van der Waals surface area contributed by atoms with E-state index in [0.717, 1.165) is 18.1 Å². The average Bonchev–Trinajstić information content (AvgIpc) is 2.36. The molecule has 0 saturated carbocycles. The van der Waals surface area contributed by atoms with Crippen LogP contribution in [-0.2, 0) is 0 Å². The smallest absolute Gasteiger partial charge is 0.120 e. The molecule has 1 aromatic rings. The molecule has 0 fully saturated rings. The van der Waals surface area contributed by atoms with Crippen LogP contribution in [0.2, 0.25) is 0 Å². The Bertz CT molecular complexity index is 217. The lowest BCUT2D eigenvalue weighted by atomic mass is 10.2. The van der Waals surface area contributed by atoms with E-state index in [-0.39, 0.29) is 0 Å². The van der Waals surface area contributed by atoms with E-state index in [1.165, 1.54) is 0 Å². The predicted molar refractivity (Wildman–Crippen MR) is 45.5 cm³/mol. The quantitative estimate of drug-likeness (QED) is 0.720. The molecule has 11 heavy (non-hydrogen) atoms. The molecule has 0 aromatic carbocycles. The van der Waals surface area contributed by atoms with Gasteiger partial charge in [-0.25, -0.2) is 0 Å². The maximum atomic E-state index is 5.44. The molecule has 0 aliphatic carbocycles. The van der Waals surface area contributed by atoms with E-state index < -0.39 is 0 Å². The minimum Gasteiger partial charge on any atom is -0.465 e. The third-order valence-electron chi connectivity index (χ3n) is 1.70. The lowest BCUT2D eigenvalue weighted by Crippen LogP contribution is -2.16. The van der Waals surface area contributed by atoms with Crippen LogP contribution in [0.1, 0.15) is 31.4 Å². The summed E-state index contributed by atoms with van der Waals surface area (Å²) in [4.78, 5) is 0. The molecular formula is C9H15NO. The molecule has 2 heteroatoms. The zero-order valence-corrected chi connectivity index (χ0v) is 7.35. The van der Waals surface area contributed by atoms with Crippen molar-refractivity contribution >= 4 is 0 Å². The van der Waals surface area contributed by atoms with E-state index >= 15 is 0 Å². The largest absolute Gasteiger partial charge is 0.465 e. The van der Waals surface area contributed by atoms with Gasteiger partial charge < -0.3 is 9.73 Å². The summed E-state index contributed by atoms with van der Waals surface area (Å²) in [5.74, 6) is 1.99. The standard InChI is InChI=1S/C9H15NO/c1-4-10-8(3)9-6-5-7(2)11-9/h5-6,8,10H,4H2,1-3H3. The molecule has 0 saturated heterocycles. The number of furan rings is 1. The van der Waals surface area contributed by atoms with Gasteiger partial charge in [-0.2, -0.15) is 0 Å². The Morgan fingerprint density at radius 2 is 2.27 bits per heavy atom. The van der Waals surface area contributed by atoms with Crippen molar-refractivity contribution in [1.29, 1.82) is 0 Å². The van der Waals surface area contributed by atoms with Crippen molar-refractivity contribution in [2.75, 3.05) is 6.54 Å². The van der Waals surface area contributed by atoms with Gasteiger partial charge in [0.2, 0.25) is 0 Å². The zero-order valence-electron chi connectivity index (χ0n) is 7.35. The van der Waals surface area contributed by atoms with Crippen molar-refractivity contribution in [3.05, 3.63) is 23.7 Å². The van der Waals surface area contributed by atoms with E-state index in [4.69, 9.17) is 4.42 Å². The lowest BCUT2D eigenvalue weighted by Gasteiger charge is -2.07. The van der Waals surface area contributed by atoms with Gasteiger partial charge in [-0.05, 0) is 32.5 Å². The fraction of sp³-hybridized carbons (Fsp3) is 0.556. The van der Waals surface area contributed by atoms with E-state index in [2.05, 4.69) is 19.2 Å². The number of nitrogens with one attached hydrogen (secondary N) is 1. The van der Waals surface area contributed by atoms with Crippen molar-refractivity contribution in [2.45, 2.75) is 26.8 Å². The molecule has 0 radical (unpaired) electrons. The number of hydrogen-bond donors (Lipinski definition) is 1. The molecule has 62 valence electrons. The molecule has 2 nitrogen and oxygen atoms in total. The summed E-state index contributed by atoms with van der Waals surface area (Å²) in [6.07, 6.45) is 0. The monoisotopic (exact) mass is 153 g/mol. The second kappa shape index (κ2) is 3.58.